The monoisotopic (exact) mass is 654 g/mol. The summed E-state index contributed by atoms with van der Waals surface area (Å²) in [5.41, 5.74) is 12.7. The van der Waals surface area contributed by atoms with Crippen LogP contribution >= 0.6 is 0 Å². The number of hydrogen-bond donors (Lipinski definition) is 0. The molecule has 0 radical (unpaired) electrons. The molecule has 51 heavy (non-hydrogen) atoms. The summed E-state index contributed by atoms with van der Waals surface area (Å²) in [5.74, 6) is 0.810. The maximum atomic E-state index is 6.62. The Kier molecular flexibility index (Phi) is 5.14. The molecule has 6 nitrogen and oxygen atoms in total. The van der Waals surface area contributed by atoms with Crippen LogP contribution in [-0.2, 0) is 0 Å². The highest BCUT2D eigenvalue weighted by atomic mass is 16.3. The first-order valence-electron chi connectivity index (χ1n) is 17.1. The van der Waals surface area contributed by atoms with Crippen LogP contribution in [0.15, 0.2) is 167 Å². The van der Waals surface area contributed by atoms with Crippen molar-refractivity contribution in [1.82, 2.24) is 18.5 Å². The first-order valence-corrected chi connectivity index (χ1v) is 17.1. The van der Waals surface area contributed by atoms with E-state index in [2.05, 4.69) is 147 Å². The van der Waals surface area contributed by atoms with Crippen molar-refractivity contribution >= 4 is 82.8 Å². The van der Waals surface area contributed by atoms with Crippen molar-refractivity contribution in [3.05, 3.63) is 158 Å². The SMILES string of the molecule is c1ccc(-c2ccc3c(c2)n2c4c5ccccc5n(-c5cccc6c5oc5ccccc56)c4nc2n3-c2cccc3c2oc2ccccc23)cc1. The van der Waals surface area contributed by atoms with Gasteiger partial charge in [-0.3, -0.25) is 13.5 Å². The maximum Gasteiger partial charge on any atom is 0.222 e. The third-order valence-corrected chi connectivity index (χ3v) is 10.5. The van der Waals surface area contributed by atoms with Gasteiger partial charge < -0.3 is 8.83 Å². The number of rotatable bonds is 3. The standard InChI is InChI=1S/C45H26N4O2/c1-2-12-27(13-3-1)28-24-25-35-38(26-28)49-41-33-16-4-7-19-34(33)47(36-20-10-17-31-29-14-5-8-22-39(29)50-42(31)36)44(41)46-45(49)48(35)37-21-11-18-32-30-15-6-9-23-40(30)51-43(32)37/h1-26H. The quantitative estimate of drug-likeness (QED) is 0.190. The Balaban J connectivity index is 1.26. The van der Waals surface area contributed by atoms with E-state index in [1.807, 2.05) is 24.3 Å². The zero-order chi connectivity index (χ0) is 33.2. The van der Waals surface area contributed by atoms with Crippen molar-refractivity contribution in [2.24, 2.45) is 0 Å². The smallest absolute Gasteiger partial charge is 0.222 e. The lowest BCUT2D eigenvalue weighted by atomic mass is 10.1. The lowest BCUT2D eigenvalue weighted by molar-refractivity contribution is 0.666. The molecule has 0 unspecified atom stereocenters. The second-order valence-corrected chi connectivity index (χ2v) is 13.2. The Morgan fingerprint density at radius 3 is 1.71 bits per heavy atom. The van der Waals surface area contributed by atoms with Gasteiger partial charge >= 0.3 is 0 Å². The fourth-order valence-electron chi connectivity index (χ4n) is 8.26. The van der Waals surface area contributed by atoms with Crippen molar-refractivity contribution in [3.63, 3.8) is 0 Å². The first-order chi connectivity index (χ1) is 25.3. The van der Waals surface area contributed by atoms with Crippen molar-refractivity contribution < 1.29 is 8.83 Å². The topological polar surface area (TPSA) is 53.4 Å². The van der Waals surface area contributed by atoms with E-state index < -0.39 is 0 Å². The molecule has 5 heterocycles. The number of para-hydroxylation sites is 5. The highest BCUT2D eigenvalue weighted by Crippen LogP contribution is 2.42. The van der Waals surface area contributed by atoms with Crippen LogP contribution in [0.5, 0.6) is 0 Å². The van der Waals surface area contributed by atoms with Gasteiger partial charge in [0.15, 0.2) is 16.8 Å². The number of hydrogen-bond acceptors (Lipinski definition) is 3. The fourth-order valence-corrected chi connectivity index (χ4v) is 8.26. The average Bonchev–Trinajstić information content (AvgIpc) is 3.98. The number of furan rings is 2. The second kappa shape index (κ2) is 9.77. The van der Waals surface area contributed by atoms with Gasteiger partial charge in [0.05, 0.1) is 27.9 Å². The molecule has 0 saturated heterocycles. The van der Waals surface area contributed by atoms with E-state index in [0.29, 0.717) is 0 Å². The highest BCUT2D eigenvalue weighted by molar-refractivity contribution is 6.14. The molecule has 5 aromatic heterocycles. The average molecular weight is 655 g/mol. The van der Waals surface area contributed by atoms with Gasteiger partial charge in [0, 0.05) is 26.9 Å². The van der Waals surface area contributed by atoms with E-state index in [0.717, 1.165) is 105 Å². The van der Waals surface area contributed by atoms with Gasteiger partial charge in [-0.1, -0.05) is 115 Å². The largest absolute Gasteiger partial charge is 0.454 e. The van der Waals surface area contributed by atoms with E-state index in [1.165, 1.54) is 0 Å². The van der Waals surface area contributed by atoms with Crippen LogP contribution in [0.1, 0.15) is 0 Å². The Bertz CT molecular complexity index is 3370. The highest BCUT2D eigenvalue weighted by Gasteiger charge is 2.26. The zero-order valence-electron chi connectivity index (χ0n) is 27.1. The van der Waals surface area contributed by atoms with Crippen molar-refractivity contribution in [3.8, 4) is 22.5 Å². The van der Waals surface area contributed by atoms with Crippen LogP contribution in [-0.4, -0.2) is 18.5 Å². The van der Waals surface area contributed by atoms with E-state index >= 15 is 0 Å². The van der Waals surface area contributed by atoms with Gasteiger partial charge in [0.1, 0.15) is 16.7 Å². The maximum absolute atomic E-state index is 6.62. The minimum atomic E-state index is 0.810. The fraction of sp³-hybridized carbons (Fsp3) is 0. The molecular formula is C45H26N4O2. The summed E-state index contributed by atoms with van der Waals surface area (Å²) in [6, 6.07) is 55.1. The molecule has 7 aromatic carbocycles. The number of nitrogens with zero attached hydrogens (tertiary/aromatic N) is 4. The predicted octanol–water partition coefficient (Wildman–Crippen LogP) is 11.8. The summed E-state index contributed by atoms with van der Waals surface area (Å²) in [6.45, 7) is 0. The summed E-state index contributed by atoms with van der Waals surface area (Å²) >= 11 is 0. The van der Waals surface area contributed by atoms with Crippen molar-refractivity contribution in [2.45, 2.75) is 0 Å². The second-order valence-electron chi connectivity index (χ2n) is 13.2. The molecule has 238 valence electrons. The summed E-state index contributed by atoms with van der Waals surface area (Å²) in [6.07, 6.45) is 0. The predicted molar refractivity (Wildman–Crippen MR) is 206 cm³/mol. The molecule has 0 saturated carbocycles. The Morgan fingerprint density at radius 2 is 1.00 bits per heavy atom. The molecule has 6 heteroatoms. The molecule has 0 amide bonds. The Hall–Kier alpha value is -7.05. The molecule has 0 bridgehead atoms. The van der Waals surface area contributed by atoms with E-state index in [-0.39, 0.29) is 0 Å². The van der Waals surface area contributed by atoms with Crippen molar-refractivity contribution in [1.29, 1.82) is 0 Å². The van der Waals surface area contributed by atoms with Crippen LogP contribution < -0.4 is 0 Å². The molecule has 12 rings (SSSR count). The van der Waals surface area contributed by atoms with Crippen molar-refractivity contribution in [2.75, 3.05) is 0 Å². The van der Waals surface area contributed by atoms with Gasteiger partial charge in [-0.2, -0.15) is 4.98 Å². The number of imidazole rings is 2. The lowest BCUT2D eigenvalue weighted by Gasteiger charge is -2.08. The van der Waals surface area contributed by atoms with E-state index in [1.54, 1.807) is 0 Å². The molecular weight excluding hydrogens is 629 g/mol. The van der Waals surface area contributed by atoms with E-state index in [4.69, 9.17) is 13.8 Å². The summed E-state index contributed by atoms with van der Waals surface area (Å²) in [5, 5.41) is 5.46. The summed E-state index contributed by atoms with van der Waals surface area (Å²) in [7, 11) is 0. The normalized spacial score (nSPS) is 12.3. The molecule has 0 fully saturated rings. The Morgan fingerprint density at radius 1 is 0.412 bits per heavy atom. The zero-order valence-corrected chi connectivity index (χ0v) is 27.1. The number of fused-ring (bicyclic) bond motifs is 13. The molecule has 0 N–H and O–H groups in total. The molecule has 0 atom stereocenters. The van der Waals surface area contributed by atoms with Gasteiger partial charge in [-0.25, -0.2) is 0 Å². The third kappa shape index (κ3) is 3.52. The molecule has 0 aliphatic carbocycles. The molecule has 0 aliphatic rings. The van der Waals surface area contributed by atoms with E-state index in [9.17, 15) is 0 Å². The minimum Gasteiger partial charge on any atom is -0.454 e. The van der Waals surface area contributed by atoms with Gasteiger partial charge in [-0.15, -0.1) is 0 Å². The molecule has 0 aliphatic heterocycles. The Labute approximate surface area is 289 Å². The summed E-state index contributed by atoms with van der Waals surface area (Å²) < 4.78 is 20.1. The number of aromatic nitrogens is 4. The van der Waals surface area contributed by atoms with Crippen LogP contribution in [0.3, 0.4) is 0 Å². The molecule has 12 aromatic rings. The lowest BCUT2D eigenvalue weighted by Crippen LogP contribution is -1.98. The van der Waals surface area contributed by atoms with Gasteiger partial charge in [0.25, 0.3) is 0 Å². The van der Waals surface area contributed by atoms with Crippen LogP contribution in [0.2, 0.25) is 0 Å². The van der Waals surface area contributed by atoms with Crippen LogP contribution in [0.4, 0.5) is 0 Å². The van der Waals surface area contributed by atoms with Gasteiger partial charge in [-0.05, 0) is 53.6 Å². The first kappa shape index (κ1) is 26.9. The minimum absolute atomic E-state index is 0.810. The number of benzene rings is 7. The van der Waals surface area contributed by atoms with Gasteiger partial charge in [0.2, 0.25) is 5.78 Å². The third-order valence-electron chi connectivity index (χ3n) is 10.5. The van der Waals surface area contributed by atoms with Crippen LogP contribution in [0.25, 0.3) is 105 Å². The summed E-state index contributed by atoms with van der Waals surface area (Å²) in [4.78, 5) is 5.57. The van der Waals surface area contributed by atoms with Crippen LogP contribution in [0, 0.1) is 0 Å². The molecule has 0 spiro atoms.